The van der Waals surface area contributed by atoms with Gasteiger partial charge < -0.3 is 10.1 Å². The van der Waals surface area contributed by atoms with Crippen LogP contribution in [-0.4, -0.2) is 30.2 Å². The molecule has 3 aromatic rings. The number of halogens is 1. The molecule has 0 fully saturated rings. The van der Waals surface area contributed by atoms with Crippen molar-refractivity contribution in [3.05, 3.63) is 86.5 Å². The second kappa shape index (κ2) is 10.3. The number of hydrogen-bond acceptors (Lipinski definition) is 6. The van der Waals surface area contributed by atoms with Gasteiger partial charge in [0.2, 0.25) is 5.78 Å². The standard InChI is InChI=1S/C23H20BrNO4S/c1-15-12-17(24)9-10-18(15)25-19(13-20(26)16-6-3-2-4-7-16)23(28)29-14-21(27)22-8-5-11-30-22/h2-12,19,25H,13-14H2,1H3/t19-/m0/s1. The van der Waals surface area contributed by atoms with E-state index in [1.165, 1.54) is 11.3 Å². The molecule has 0 saturated carbocycles. The zero-order valence-electron chi connectivity index (χ0n) is 16.3. The number of ketones is 2. The molecule has 1 heterocycles. The molecule has 1 N–H and O–H groups in total. The highest BCUT2D eigenvalue weighted by Crippen LogP contribution is 2.22. The Balaban J connectivity index is 1.74. The molecule has 0 amide bonds. The zero-order valence-corrected chi connectivity index (χ0v) is 18.7. The van der Waals surface area contributed by atoms with Crippen molar-refractivity contribution in [2.75, 3.05) is 11.9 Å². The number of ether oxygens (including phenoxy) is 1. The molecule has 7 heteroatoms. The minimum Gasteiger partial charge on any atom is -0.456 e. The Bertz CT molecular complexity index is 1030. The number of rotatable bonds is 9. The predicted octanol–water partition coefficient (Wildman–Crippen LogP) is 5.30. The summed E-state index contributed by atoms with van der Waals surface area (Å²) < 4.78 is 6.17. The van der Waals surface area contributed by atoms with Crippen LogP contribution >= 0.6 is 27.3 Å². The molecule has 30 heavy (non-hydrogen) atoms. The summed E-state index contributed by atoms with van der Waals surface area (Å²) in [6, 6.07) is 16.9. The van der Waals surface area contributed by atoms with Crippen LogP contribution in [0.4, 0.5) is 5.69 Å². The summed E-state index contributed by atoms with van der Waals surface area (Å²) in [5, 5.41) is 4.89. The monoisotopic (exact) mass is 485 g/mol. The van der Waals surface area contributed by atoms with E-state index in [-0.39, 0.29) is 24.6 Å². The number of aryl methyl sites for hydroxylation is 1. The second-order valence-corrected chi connectivity index (χ2v) is 8.52. The number of benzene rings is 2. The van der Waals surface area contributed by atoms with Crippen LogP contribution in [0.5, 0.6) is 0 Å². The SMILES string of the molecule is Cc1cc(Br)ccc1N[C@@H](CC(=O)c1ccccc1)C(=O)OCC(=O)c1cccs1. The number of carbonyl (C=O) groups excluding carboxylic acids is 3. The molecule has 0 spiro atoms. The second-order valence-electron chi connectivity index (χ2n) is 6.66. The van der Waals surface area contributed by atoms with Gasteiger partial charge in [-0.2, -0.15) is 0 Å². The highest BCUT2D eigenvalue weighted by molar-refractivity contribution is 9.10. The van der Waals surface area contributed by atoms with Crippen molar-refractivity contribution >= 4 is 50.5 Å². The first-order valence-electron chi connectivity index (χ1n) is 9.28. The number of thiophene rings is 1. The van der Waals surface area contributed by atoms with E-state index in [2.05, 4.69) is 21.2 Å². The lowest BCUT2D eigenvalue weighted by Crippen LogP contribution is -2.35. The zero-order chi connectivity index (χ0) is 21.5. The van der Waals surface area contributed by atoms with Crippen molar-refractivity contribution in [1.29, 1.82) is 0 Å². The molecule has 5 nitrogen and oxygen atoms in total. The first-order valence-corrected chi connectivity index (χ1v) is 11.0. The van der Waals surface area contributed by atoms with Gasteiger partial charge in [0.1, 0.15) is 6.04 Å². The molecular formula is C23H20BrNO4S. The third-order valence-corrected chi connectivity index (χ3v) is 5.83. The number of esters is 1. The maximum atomic E-state index is 12.8. The summed E-state index contributed by atoms with van der Waals surface area (Å²) in [6.45, 7) is 1.53. The Labute approximate surface area is 187 Å². The Morgan fingerprint density at radius 3 is 2.47 bits per heavy atom. The normalized spacial score (nSPS) is 11.5. The fourth-order valence-electron chi connectivity index (χ4n) is 2.84. The topological polar surface area (TPSA) is 72.5 Å². The van der Waals surface area contributed by atoms with Crippen LogP contribution in [0, 0.1) is 6.92 Å². The first kappa shape index (κ1) is 21.9. The van der Waals surface area contributed by atoms with Crippen molar-refractivity contribution < 1.29 is 19.1 Å². The van der Waals surface area contributed by atoms with Gasteiger partial charge >= 0.3 is 5.97 Å². The molecule has 0 bridgehead atoms. The average Bonchev–Trinajstić information content (AvgIpc) is 3.28. The number of Topliss-reactive ketones (excluding diaryl/α,β-unsaturated/α-hetero) is 2. The highest BCUT2D eigenvalue weighted by Gasteiger charge is 2.25. The van der Waals surface area contributed by atoms with E-state index in [0.29, 0.717) is 16.1 Å². The molecular weight excluding hydrogens is 466 g/mol. The largest absolute Gasteiger partial charge is 0.456 e. The fraction of sp³-hybridized carbons (Fsp3) is 0.174. The van der Waals surface area contributed by atoms with E-state index in [1.807, 2.05) is 31.2 Å². The third kappa shape index (κ3) is 5.87. The van der Waals surface area contributed by atoms with Crippen molar-refractivity contribution in [2.24, 2.45) is 0 Å². The van der Waals surface area contributed by atoms with Gasteiger partial charge in [-0.25, -0.2) is 4.79 Å². The summed E-state index contributed by atoms with van der Waals surface area (Å²) in [7, 11) is 0. The molecule has 1 aromatic heterocycles. The lowest BCUT2D eigenvalue weighted by atomic mass is 10.0. The summed E-state index contributed by atoms with van der Waals surface area (Å²) in [4.78, 5) is 38.2. The number of anilines is 1. The van der Waals surface area contributed by atoms with E-state index >= 15 is 0 Å². The van der Waals surface area contributed by atoms with Crippen LogP contribution in [0.3, 0.4) is 0 Å². The number of carbonyl (C=O) groups is 3. The molecule has 0 radical (unpaired) electrons. The Morgan fingerprint density at radius 2 is 1.80 bits per heavy atom. The molecule has 0 aliphatic heterocycles. The molecule has 154 valence electrons. The maximum absolute atomic E-state index is 12.8. The first-order chi connectivity index (χ1) is 14.4. The molecule has 2 aromatic carbocycles. The fourth-order valence-corrected chi connectivity index (χ4v) is 3.97. The minimum absolute atomic E-state index is 0.0917. The van der Waals surface area contributed by atoms with Gasteiger partial charge in [-0.05, 0) is 42.1 Å². The van der Waals surface area contributed by atoms with Crippen LogP contribution in [-0.2, 0) is 9.53 Å². The predicted molar refractivity (Wildman–Crippen MR) is 121 cm³/mol. The quantitative estimate of drug-likeness (QED) is 0.328. The van der Waals surface area contributed by atoms with Crippen LogP contribution in [0.15, 0.2) is 70.5 Å². The van der Waals surface area contributed by atoms with Gasteiger partial charge in [0.15, 0.2) is 12.4 Å². The van der Waals surface area contributed by atoms with Crippen LogP contribution in [0.25, 0.3) is 0 Å². The van der Waals surface area contributed by atoms with Gasteiger partial charge in [0.25, 0.3) is 0 Å². The van der Waals surface area contributed by atoms with Crippen molar-refractivity contribution in [3.8, 4) is 0 Å². The molecule has 0 aliphatic rings. The van der Waals surface area contributed by atoms with Crippen molar-refractivity contribution in [1.82, 2.24) is 0 Å². The van der Waals surface area contributed by atoms with Gasteiger partial charge in [0.05, 0.1) is 4.88 Å². The van der Waals surface area contributed by atoms with Crippen LogP contribution < -0.4 is 5.32 Å². The van der Waals surface area contributed by atoms with Gasteiger partial charge in [-0.15, -0.1) is 11.3 Å². The lowest BCUT2D eigenvalue weighted by molar-refractivity contribution is -0.143. The van der Waals surface area contributed by atoms with Gasteiger partial charge in [-0.1, -0.05) is 52.3 Å². The van der Waals surface area contributed by atoms with Crippen molar-refractivity contribution in [3.63, 3.8) is 0 Å². The maximum Gasteiger partial charge on any atom is 0.329 e. The number of nitrogens with one attached hydrogen (secondary N) is 1. The lowest BCUT2D eigenvalue weighted by Gasteiger charge is -2.19. The highest BCUT2D eigenvalue weighted by atomic mass is 79.9. The van der Waals surface area contributed by atoms with Gasteiger partial charge in [0, 0.05) is 22.1 Å². The molecule has 0 unspecified atom stereocenters. The van der Waals surface area contributed by atoms with Crippen LogP contribution in [0.1, 0.15) is 32.0 Å². The smallest absolute Gasteiger partial charge is 0.329 e. The summed E-state index contributed by atoms with van der Waals surface area (Å²) in [5.74, 6) is -1.11. The molecule has 0 aliphatic carbocycles. The van der Waals surface area contributed by atoms with Crippen LogP contribution in [0.2, 0.25) is 0 Å². The van der Waals surface area contributed by atoms with E-state index in [0.717, 1.165) is 10.0 Å². The Morgan fingerprint density at radius 1 is 1.03 bits per heavy atom. The van der Waals surface area contributed by atoms with E-state index < -0.39 is 12.0 Å². The van der Waals surface area contributed by atoms with Crippen molar-refractivity contribution in [2.45, 2.75) is 19.4 Å². The minimum atomic E-state index is -0.922. The Kier molecular flexibility index (Phi) is 7.54. The molecule has 1 atom stereocenters. The Hall–Kier alpha value is -2.77. The van der Waals surface area contributed by atoms with E-state index in [4.69, 9.17) is 4.74 Å². The molecule has 3 rings (SSSR count). The third-order valence-electron chi connectivity index (χ3n) is 4.43. The van der Waals surface area contributed by atoms with E-state index in [9.17, 15) is 14.4 Å². The molecule has 0 saturated heterocycles. The summed E-state index contributed by atoms with van der Waals surface area (Å²) in [5.41, 5.74) is 2.13. The van der Waals surface area contributed by atoms with Gasteiger partial charge in [-0.3, -0.25) is 9.59 Å². The average molecular weight is 486 g/mol. The number of hydrogen-bond donors (Lipinski definition) is 1. The van der Waals surface area contributed by atoms with E-state index in [1.54, 1.807) is 41.8 Å². The summed E-state index contributed by atoms with van der Waals surface area (Å²) in [6.07, 6.45) is -0.0917. The summed E-state index contributed by atoms with van der Waals surface area (Å²) >= 11 is 4.70.